The van der Waals surface area contributed by atoms with E-state index in [-0.39, 0.29) is 11.9 Å². The summed E-state index contributed by atoms with van der Waals surface area (Å²) in [6.45, 7) is 6.09. The summed E-state index contributed by atoms with van der Waals surface area (Å²) in [7, 11) is 2.07. The molecule has 2 rings (SSSR count). The number of phenols is 1. The van der Waals surface area contributed by atoms with E-state index < -0.39 is 0 Å². The van der Waals surface area contributed by atoms with Gasteiger partial charge in [0.25, 0.3) is 0 Å². The molecule has 0 saturated carbocycles. The number of hydrogen-bond donors (Lipinski definition) is 1. The fraction of sp³-hybridized carbons (Fsp3) is 0.600. The number of benzene rings is 1. The highest BCUT2D eigenvalue weighted by Crippen LogP contribution is 2.31. The molecule has 4 nitrogen and oxygen atoms in total. The molecule has 1 N–H and O–H groups in total. The van der Waals surface area contributed by atoms with Crippen molar-refractivity contribution in [2.75, 3.05) is 20.3 Å². The maximum absolute atomic E-state index is 10.2. The normalized spacial score (nSPS) is 22.9. The molecule has 2 unspecified atom stereocenters. The first-order valence-corrected chi connectivity index (χ1v) is 6.89. The Morgan fingerprint density at radius 3 is 2.89 bits per heavy atom. The molecular formula is C15H23NO3. The third-order valence-electron chi connectivity index (χ3n) is 3.70. The molecule has 1 aliphatic heterocycles. The fourth-order valence-electron chi connectivity index (χ4n) is 2.65. The standard InChI is InChI=1S/C15H23NO3/c1-4-18-14-7-5-6-12(15(14)17)10-16(3)13-8-9-19-11(13)2/h5-7,11,13,17H,4,8-10H2,1-3H3. The van der Waals surface area contributed by atoms with Crippen LogP contribution in [0.4, 0.5) is 0 Å². The first-order chi connectivity index (χ1) is 9.13. The van der Waals surface area contributed by atoms with Crippen molar-refractivity contribution in [1.29, 1.82) is 0 Å². The summed E-state index contributed by atoms with van der Waals surface area (Å²) in [5.74, 6) is 0.812. The smallest absolute Gasteiger partial charge is 0.162 e. The van der Waals surface area contributed by atoms with Crippen LogP contribution in [0.2, 0.25) is 0 Å². The van der Waals surface area contributed by atoms with Crippen LogP contribution in [0.5, 0.6) is 11.5 Å². The second-order valence-corrected chi connectivity index (χ2v) is 5.04. The van der Waals surface area contributed by atoms with Gasteiger partial charge in [0.05, 0.1) is 12.7 Å². The molecule has 2 atom stereocenters. The average Bonchev–Trinajstić information content (AvgIpc) is 2.81. The number of hydrogen-bond acceptors (Lipinski definition) is 4. The Kier molecular flexibility index (Phi) is 4.66. The van der Waals surface area contributed by atoms with Gasteiger partial charge in [-0.15, -0.1) is 0 Å². The van der Waals surface area contributed by atoms with Crippen LogP contribution in [0.1, 0.15) is 25.8 Å². The predicted molar refractivity (Wildman–Crippen MR) is 74.6 cm³/mol. The zero-order valence-corrected chi connectivity index (χ0v) is 11.9. The lowest BCUT2D eigenvalue weighted by molar-refractivity contribution is 0.0811. The summed E-state index contributed by atoms with van der Waals surface area (Å²) in [5.41, 5.74) is 0.896. The predicted octanol–water partition coefficient (Wildman–Crippen LogP) is 2.40. The Labute approximate surface area is 114 Å². The van der Waals surface area contributed by atoms with Crippen LogP contribution in [0.25, 0.3) is 0 Å². The van der Waals surface area contributed by atoms with Crippen LogP contribution in [0, 0.1) is 0 Å². The Morgan fingerprint density at radius 1 is 1.47 bits per heavy atom. The minimum Gasteiger partial charge on any atom is -0.504 e. The molecule has 4 heteroatoms. The molecule has 0 radical (unpaired) electrons. The maximum atomic E-state index is 10.2. The number of ether oxygens (including phenoxy) is 2. The molecular weight excluding hydrogens is 242 g/mol. The molecule has 1 fully saturated rings. The van der Waals surface area contributed by atoms with Crippen molar-refractivity contribution in [2.24, 2.45) is 0 Å². The molecule has 1 aromatic rings. The van der Waals surface area contributed by atoms with E-state index in [1.54, 1.807) is 6.07 Å². The van der Waals surface area contributed by atoms with Gasteiger partial charge in [0, 0.05) is 24.8 Å². The zero-order valence-electron chi connectivity index (χ0n) is 11.9. The molecule has 1 heterocycles. The van der Waals surface area contributed by atoms with Crippen molar-refractivity contribution in [3.05, 3.63) is 23.8 Å². The Bertz CT molecular complexity index is 422. The molecule has 1 aliphatic rings. The van der Waals surface area contributed by atoms with Crippen LogP contribution >= 0.6 is 0 Å². The number of likely N-dealkylation sites (N-methyl/N-ethyl adjacent to an activating group) is 1. The van der Waals surface area contributed by atoms with Gasteiger partial charge in [-0.1, -0.05) is 12.1 Å². The highest BCUT2D eigenvalue weighted by Gasteiger charge is 2.28. The van der Waals surface area contributed by atoms with Crippen molar-refractivity contribution in [2.45, 2.75) is 39.0 Å². The number of aromatic hydroxyl groups is 1. The van der Waals surface area contributed by atoms with Gasteiger partial charge in [-0.3, -0.25) is 4.90 Å². The molecule has 0 amide bonds. The highest BCUT2D eigenvalue weighted by molar-refractivity contribution is 5.45. The number of nitrogens with zero attached hydrogens (tertiary/aromatic N) is 1. The van der Waals surface area contributed by atoms with Crippen LogP contribution < -0.4 is 4.74 Å². The van der Waals surface area contributed by atoms with E-state index in [2.05, 4.69) is 18.9 Å². The third-order valence-corrected chi connectivity index (χ3v) is 3.70. The third kappa shape index (κ3) is 3.19. The summed E-state index contributed by atoms with van der Waals surface area (Å²) in [6.07, 6.45) is 1.30. The van der Waals surface area contributed by atoms with E-state index in [1.807, 2.05) is 19.1 Å². The molecule has 0 aliphatic carbocycles. The molecule has 0 bridgehead atoms. The van der Waals surface area contributed by atoms with Crippen LogP contribution in [0.15, 0.2) is 18.2 Å². The molecule has 1 saturated heterocycles. The molecule has 19 heavy (non-hydrogen) atoms. The first kappa shape index (κ1) is 14.2. The monoisotopic (exact) mass is 265 g/mol. The number of para-hydroxylation sites is 1. The lowest BCUT2D eigenvalue weighted by Gasteiger charge is -2.27. The van der Waals surface area contributed by atoms with Crippen molar-refractivity contribution in [3.8, 4) is 11.5 Å². The van der Waals surface area contributed by atoms with Crippen LogP contribution in [-0.2, 0) is 11.3 Å². The van der Waals surface area contributed by atoms with Crippen LogP contribution in [-0.4, -0.2) is 42.4 Å². The van der Waals surface area contributed by atoms with E-state index >= 15 is 0 Å². The minimum atomic E-state index is 0.252. The van der Waals surface area contributed by atoms with Crippen molar-refractivity contribution in [3.63, 3.8) is 0 Å². The van der Waals surface area contributed by atoms with Gasteiger partial charge >= 0.3 is 0 Å². The number of rotatable bonds is 5. The molecule has 0 aromatic heterocycles. The van der Waals surface area contributed by atoms with E-state index in [1.165, 1.54) is 0 Å². The van der Waals surface area contributed by atoms with Crippen LogP contribution in [0.3, 0.4) is 0 Å². The quantitative estimate of drug-likeness (QED) is 0.887. The average molecular weight is 265 g/mol. The lowest BCUT2D eigenvalue weighted by atomic mass is 10.1. The summed E-state index contributed by atoms with van der Waals surface area (Å²) >= 11 is 0. The largest absolute Gasteiger partial charge is 0.504 e. The van der Waals surface area contributed by atoms with Gasteiger partial charge in [0.1, 0.15) is 0 Å². The van der Waals surface area contributed by atoms with E-state index in [0.717, 1.165) is 18.6 Å². The molecule has 106 valence electrons. The van der Waals surface area contributed by atoms with Crippen molar-refractivity contribution >= 4 is 0 Å². The van der Waals surface area contributed by atoms with E-state index in [4.69, 9.17) is 9.47 Å². The van der Waals surface area contributed by atoms with Gasteiger partial charge in [-0.25, -0.2) is 0 Å². The van der Waals surface area contributed by atoms with Gasteiger partial charge in [-0.05, 0) is 33.4 Å². The zero-order chi connectivity index (χ0) is 13.8. The summed E-state index contributed by atoms with van der Waals surface area (Å²) in [4.78, 5) is 2.24. The topological polar surface area (TPSA) is 41.9 Å². The second-order valence-electron chi connectivity index (χ2n) is 5.04. The summed E-state index contributed by atoms with van der Waals surface area (Å²) in [5, 5.41) is 10.2. The highest BCUT2D eigenvalue weighted by atomic mass is 16.5. The van der Waals surface area contributed by atoms with Gasteiger partial charge in [-0.2, -0.15) is 0 Å². The lowest BCUT2D eigenvalue weighted by Crippen LogP contribution is -2.36. The van der Waals surface area contributed by atoms with Crippen molar-refractivity contribution < 1.29 is 14.6 Å². The molecule has 1 aromatic carbocycles. The van der Waals surface area contributed by atoms with Gasteiger partial charge in [0.15, 0.2) is 11.5 Å². The maximum Gasteiger partial charge on any atom is 0.162 e. The second kappa shape index (κ2) is 6.26. The fourth-order valence-corrected chi connectivity index (χ4v) is 2.65. The first-order valence-electron chi connectivity index (χ1n) is 6.89. The number of phenolic OH excluding ortho intramolecular Hbond substituents is 1. The van der Waals surface area contributed by atoms with Gasteiger partial charge in [0.2, 0.25) is 0 Å². The van der Waals surface area contributed by atoms with E-state index in [0.29, 0.717) is 24.9 Å². The Balaban J connectivity index is 2.08. The van der Waals surface area contributed by atoms with E-state index in [9.17, 15) is 5.11 Å². The minimum absolute atomic E-state index is 0.252. The van der Waals surface area contributed by atoms with Crippen molar-refractivity contribution in [1.82, 2.24) is 4.90 Å². The Morgan fingerprint density at radius 2 is 2.26 bits per heavy atom. The summed E-state index contributed by atoms with van der Waals surface area (Å²) < 4.78 is 11.0. The van der Waals surface area contributed by atoms with Gasteiger partial charge < -0.3 is 14.6 Å². The molecule has 0 spiro atoms. The Hall–Kier alpha value is -1.26. The summed E-state index contributed by atoms with van der Waals surface area (Å²) in [6, 6.07) is 6.07. The SMILES string of the molecule is CCOc1cccc(CN(C)C2CCOC2C)c1O.